The fraction of sp³-hybridized carbons (Fsp3) is 0.500. The van der Waals surface area contributed by atoms with Crippen molar-refractivity contribution < 1.29 is 9.90 Å². The van der Waals surface area contributed by atoms with E-state index in [4.69, 9.17) is 11.6 Å². The van der Waals surface area contributed by atoms with Crippen LogP contribution in [-0.4, -0.2) is 15.8 Å². The van der Waals surface area contributed by atoms with Gasteiger partial charge < -0.3 is 5.11 Å². The Morgan fingerprint density at radius 3 is 2.60 bits per heavy atom. The molecule has 0 unspecified atom stereocenters. The third-order valence-corrected chi connectivity index (χ3v) is 5.48. The largest absolute Gasteiger partial charge is 0.480 e. The Balaban J connectivity index is 2.17. The summed E-state index contributed by atoms with van der Waals surface area (Å²) in [6.07, 6.45) is 3.56. The quantitative estimate of drug-likeness (QED) is 0.898. The van der Waals surface area contributed by atoms with Crippen molar-refractivity contribution in [3.05, 3.63) is 16.5 Å². The molecule has 1 aliphatic rings. The normalized spacial score (nSPS) is 19.3. The van der Waals surface area contributed by atoms with Gasteiger partial charge in [-0.3, -0.25) is 4.79 Å². The molecule has 1 heterocycles. The number of carboxylic acid groups (broad SMARTS) is 1. The zero-order valence-electron chi connectivity index (χ0n) is 8.03. The summed E-state index contributed by atoms with van der Waals surface area (Å²) in [4.78, 5) is 11.3. The van der Waals surface area contributed by atoms with Crippen LogP contribution in [0, 0.1) is 0 Å². The van der Waals surface area contributed by atoms with E-state index >= 15 is 0 Å². The van der Waals surface area contributed by atoms with E-state index in [2.05, 4.69) is 0 Å². The van der Waals surface area contributed by atoms with Crippen molar-refractivity contribution in [3.63, 3.8) is 0 Å². The second-order valence-electron chi connectivity index (χ2n) is 3.67. The van der Waals surface area contributed by atoms with Gasteiger partial charge in [-0.15, -0.1) is 11.3 Å². The number of thioether (sulfide) groups is 1. The average Bonchev–Trinajstić information content (AvgIpc) is 2.77. The first-order valence-electron chi connectivity index (χ1n) is 4.80. The summed E-state index contributed by atoms with van der Waals surface area (Å²) in [5, 5.41) is 9.28. The van der Waals surface area contributed by atoms with Crippen LogP contribution < -0.4 is 0 Å². The third-order valence-electron chi connectivity index (χ3n) is 2.65. The van der Waals surface area contributed by atoms with Crippen LogP contribution >= 0.6 is 34.7 Å². The molecule has 0 amide bonds. The van der Waals surface area contributed by atoms with Crippen LogP contribution in [0.2, 0.25) is 4.34 Å². The van der Waals surface area contributed by atoms with Gasteiger partial charge in [0, 0.05) is 0 Å². The second-order valence-corrected chi connectivity index (χ2v) is 7.07. The lowest BCUT2D eigenvalue weighted by Crippen LogP contribution is -2.31. The SMILES string of the molecule is O=C(O)C1(Sc2ccc(Cl)s2)CCCC1. The Labute approximate surface area is 102 Å². The van der Waals surface area contributed by atoms with Gasteiger partial charge in [0.05, 0.1) is 8.55 Å². The number of thiophene rings is 1. The van der Waals surface area contributed by atoms with Crippen LogP contribution in [0.3, 0.4) is 0 Å². The summed E-state index contributed by atoms with van der Waals surface area (Å²) >= 11 is 8.75. The minimum atomic E-state index is -0.686. The molecule has 82 valence electrons. The van der Waals surface area contributed by atoms with Crippen LogP contribution in [0.4, 0.5) is 0 Å². The van der Waals surface area contributed by atoms with Crippen LogP contribution in [-0.2, 0) is 4.79 Å². The molecular formula is C10H11ClO2S2. The van der Waals surface area contributed by atoms with Gasteiger partial charge in [-0.2, -0.15) is 0 Å². The summed E-state index contributed by atoms with van der Waals surface area (Å²) in [5.74, 6) is -0.686. The Morgan fingerprint density at radius 1 is 1.47 bits per heavy atom. The molecule has 1 N–H and O–H groups in total. The van der Waals surface area contributed by atoms with Crippen LogP contribution in [0.5, 0.6) is 0 Å². The molecule has 15 heavy (non-hydrogen) atoms. The number of hydrogen-bond donors (Lipinski definition) is 1. The molecule has 0 radical (unpaired) electrons. The average molecular weight is 263 g/mol. The Bertz CT molecular complexity index is 369. The predicted molar refractivity (Wildman–Crippen MR) is 64.0 cm³/mol. The molecular weight excluding hydrogens is 252 g/mol. The van der Waals surface area contributed by atoms with Crippen molar-refractivity contribution in [2.75, 3.05) is 0 Å². The van der Waals surface area contributed by atoms with Crippen molar-refractivity contribution >= 4 is 40.7 Å². The highest BCUT2D eigenvalue weighted by atomic mass is 35.5. The molecule has 2 rings (SSSR count). The van der Waals surface area contributed by atoms with Gasteiger partial charge in [0.2, 0.25) is 0 Å². The van der Waals surface area contributed by atoms with Crippen LogP contribution in [0.15, 0.2) is 16.3 Å². The lowest BCUT2D eigenvalue weighted by atomic mass is 10.1. The van der Waals surface area contributed by atoms with Crippen molar-refractivity contribution in [1.82, 2.24) is 0 Å². The van der Waals surface area contributed by atoms with Crippen molar-refractivity contribution in [2.24, 2.45) is 0 Å². The lowest BCUT2D eigenvalue weighted by molar-refractivity contribution is -0.139. The Hall–Kier alpha value is -0.190. The molecule has 0 aliphatic heterocycles. The molecule has 0 spiro atoms. The summed E-state index contributed by atoms with van der Waals surface area (Å²) in [6, 6.07) is 3.72. The van der Waals surface area contributed by atoms with Crippen LogP contribution in [0.25, 0.3) is 0 Å². The van der Waals surface area contributed by atoms with Crippen molar-refractivity contribution in [3.8, 4) is 0 Å². The number of carbonyl (C=O) groups is 1. The Morgan fingerprint density at radius 2 is 2.13 bits per heavy atom. The molecule has 0 aromatic carbocycles. The maximum absolute atomic E-state index is 11.3. The minimum Gasteiger partial charge on any atom is -0.480 e. The van der Waals surface area contributed by atoms with Gasteiger partial charge in [-0.25, -0.2) is 0 Å². The number of rotatable bonds is 3. The number of carboxylic acids is 1. The molecule has 0 atom stereocenters. The lowest BCUT2D eigenvalue weighted by Gasteiger charge is -2.21. The van der Waals surface area contributed by atoms with Gasteiger partial charge in [0.1, 0.15) is 4.75 Å². The first-order valence-corrected chi connectivity index (χ1v) is 6.81. The fourth-order valence-corrected chi connectivity index (χ4v) is 4.78. The van der Waals surface area contributed by atoms with Gasteiger partial charge in [-0.05, 0) is 25.0 Å². The molecule has 0 bridgehead atoms. The zero-order valence-corrected chi connectivity index (χ0v) is 10.4. The van der Waals surface area contributed by atoms with E-state index in [1.54, 1.807) is 0 Å². The summed E-state index contributed by atoms with van der Waals surface area (Å²) < 4.78 is 1.12. The first kappa shape index (κ1) is 11.3. The van der Waals surface area contributed by atoms with E-state index < -0.39 is 10.7 Å². The molecule has 1 aromatic rings. The maximum atomic E-state index is 11.3. The number of halogens is 1. The van der Waals surface area contributed by atoms with E-state index in [9.17, 15) is 9.90 Å². The Kier molecular flexibility index (Phi) is 3.28. The fourth-order valence-electron chi connectivity index (χ4n) is 1.85. The highest BCUT2D eigenvalue weighted by Crippen LogP contribution is 2.47. The van der Waals surface area contributed by atoms with Gasteiger partial charge >= 0.3 is 5.97 Å². The first-order chi connectivity index (χ1) is 7.12. The maximum Gasteiger partial charge on any atom is 0.320 e. The molecule has 1 aromatic heterocycles. The summed E-state index contributed by atoms with van der Waals surface area (Å²) in [6.45, 7) is 0. The monoisotopic (exact) mass is 262 g/mol. The summed E-state index contributed by atoms with van der Waals surface area (Å²) in [7, 11) is 0. The predicted octanol–water partition coefficient (Wildman–Crippen LogP) is 3.89. The topological polar surface area (TPSA) is 37.3 Å². The molecule has 2 nitrogen and oxygen atoms in total. The summed E-state index contributed by atoms with van der Waals surface area (Å²) in [5.41, 5.74) is 0. The van der Waals surface area contributed by atoms with Gasteiger partial charge in [0.25, 0.3) is 0 Å². The zero-order chi connectivity index (χ0) is 10.9. The van der Waals surface area contributed by atoms with E-state index in [0.717, 1.165) is 34.2 Å². The van der Waals surface area contributed by atoms with E-state index in [-0.39, 0.29) is 0 Å². The van der Waals surface area contributed by atoms with E-state index in [1.165, 1.54) is 23.1 Å². The smallest absolute Gasteiger partial charge is 0.320 e. The molecule has 1 aliphatic carbocycles. The highest BCUT2D eigenvalue weighted by molar-refractivity contribution is 8.03. The molecule has 1 saturated carbocycles. The van der Waals surface area contributed by atoms with E-state index in [0.29, 0.717) is 0 Å². The van der Waals surface area contributed by atoms with Gasteiger partial charge in [0.15, 0.2) is 0 Å². The molecule has 1 fully saturated rings. The van der Waals surface area contributed by atoms with E-state index in [1.807, 2.05) is 12.1 Å². The standard InChI is InChI=1S/C10H11ClO2S2/c11-7-3-4-8(14-7)15-10(9(12)13)5-1-2-6-10/h3-4H,1-2,5-6H2,(H,12,13). The number of hydrogen-bond acceptors (Lipinski definition) is 3. The second kappa shape index (κ2) is 4.36. The van der Waals surface area contributed by atoms with Gasteiger partial charge in [-0.1, -0.05) is 36.2 Å². The molecule has 5 heteroatoms. The number of aliphatic carboxylic acids is 1. The van der Waals surface area contributed by atoms with Crippen molar-refractivity contribution in [2.45, 2.75) is 34.6 Å². The van der Waals surface area contributed by atoms with Crippen LogP contribution in [0.1, 0.15) is 25.7 Å². The highest BCUT2D eigenvalue weighted by Gasteiger charge is 2.42. The third kappa shape index (κ3) is 2.32. The van der Waals surface area contributed by atoms with Crippen molar-refractivity contribution in [1.29, 1.82) is 0 Å². The molecule has 0 saturated heterocycles. The minimum absolute atomic E-state index is 0.603.